The Balaban J connectivity index is 1.95. The second-order valence-corrected chi connectivity index (χ2v) is 5.76. The van der Waals surface area contributed by atoms with E-state index in [9.17, 15) is 0 Å². The van der Waals surface area contributed by atoms with Crippen molar-refractivity contribution in [3.63, 3.8) is 0 Å². The molecule has 0 spiro atoms. The second kappa shape index (κ2) is 6.73. The molecule has 1 atom stereocenters. The maximum absolute atomic E-state index is 5.67. The van der Waals surface area contributed by atoms with Gasteiger partial charge in [-0.1, -0.05) is 24.6 Å². The molecule has 0 aliphatic rings. The molecule has 1 heterocycles. The monoisotopic (exact) mass is 277 g/mol. The molecule has 0 aliphatic carbocycles. The summed E-state index contributed by atoms with van der Waals surface area (Å²) in [4.78, 5) is 0. The number of nitrogens with zero attached hydrogens (tertiary/aromatic N) is 2. The van der Waals surface area contributed by atoms with Gasteiger partial charge >= 0.3 is 0 Å². The molecule has 1 aromatic heterocycles. The number of aryl methyl sites for hydroxylation is 1. The number of nitrogens with two attached hydrogens (primary N) is 1. The first-order chi connectivity index (χ1) is 9.19. The Bertz CT molecular complexity index is 527. The lowest BCUT2D eigenvalue weighted by molar-refractivity contribution is 0.528. The minimum Gasteiger partial charge on any atom is -0.420 e. The van der Waals surface area contributed by atoms with E-state index in [0.717, 1.165) is 17.1 Å². The van der Waals surface area contributed by atoms with Crippen LogP contribution in [0.2, 0.25) is 0 Å². The zero-order chi connectivity index (χ0) is 13.7. The van der Waals surface area contributed by atoms with Crippen molar-refractivity contribution in [2.75, 3.05) is 12.3 Å². The van der Waals surface area contributed by atoms with E-state index in [-0.39, 0.29) is 0 Å². The number of rotatable bonds is 6. The van der Waals surface area contributed by atoms with Gasteiger partial charge in [0.2, 0.25) is 11.8 Å². The van der Waals surface area contributed by atoms with Crippen LogP contribution in [0.5, 0.6) is 0 Å². The molecule has 0 amide bonds. The van der Waals surface area contributed by atoms with E-state index in [1.807, 2.05) is 31.2 Å². The Kier molecular flexibility index (Phi) is 4.99. The van der Waals surface area contributed by atoms with E-state index in [2.05, 4.69) is 17.1 Å². The summed E-state index contributed by atoms with van der Waals surface area (Å²) in [5, 5.41) is 8.17. The highest BCUT2D eigenvalue weighted by Gasteiger charge is 2.09. The first-order valence-corrected chi connectivity index (χ1v) is 7.51. The van der Waals surface area contributed by atoms with Crippen LogP contribution in [0, 0.1) is 12.8 Å². The molecule has 0 aliphatic heterocycles. The molecule has 102 valence electrons. The number of thioether (sulfide) groups is 1. The molecule has 4 nitrogen and oxygen atoms in total. The lowest BCUT2D eigenvalue weighted by Crippen LogP contribution is -2.12. The van der Waals surface area contributed by atoms with Crippen molar-refractivity contribution in [3.05, 3.63) is 35.7 Å². The van der Waals surface area contributed by atoms with Crippen LogP contribution < -0.4 is 5.73 Å². The van der Waals surface area contributed by atoms with Gasteiger partial charge in [0.05, 0.1) is 5.75 Å². The number of hydrogen-bond donors (Lipinski definition) is 1. The molecule has 2 rings (SSSR count). The van der Waals surface area contributed by atoms with Gasteiger partial charge in [-0.25, -0.2) is 0 Å². The standard InChI is InChI=1S/C14H19N3OS/c1-10-4-3-5-12(6-10)14-17-16-13(18-14)9-19-8-11(2)7-15/h3-6,11H,7-9,15H2,1-2H3. The van der Waals surface area contributed by atoms with E-state index in [1.165, 1.54) is 5.56 Å². The summed E-state index contributed by atoms with van der Waals surface area (Å²) in [5.74, 6) is 3.53. The maximum atomic E-state index is 5.67. The van der Waals surface area contributed by atoms with Gasteiger partial charge < -0.3 is 10.2 Å². The second-order valence-electron chi connectivity index (χ2n) is 4.73. The average molecular weight is 277 g/mol. The summed E-state index contributed by atoms with van der Waals surface area (Å²) in [6.07, 6.45) is 0. The number of hydrogen-bond acceptors (Lipinski definition) is 5. The molecule has 0 fully saturated rings. The van der Waals surface area contributed by atoms with Crippen molar-refractivity contribution in [1.29, 1.82) is 0 Å². The van der Waals surface area contributed by atoms with E-state index in [4.69, 9.17) is 10.2 Å². The molecule has 0 saturated carbocycles. The predicted molar refractivity (Wildman–Crippen MR) is 78.9 cm³/mol. The minimum absolute atomic E-state index is 0.518. The van der Waals surface area contributed by atoms with Crippen molar-refractivity contribution in [2.24, 2.45) is 11.7 Å². The predicted octanol–water partition coefficient (Wildman–Crippen LogP) is 2.87. The Hall–Kier alpha value is -1.33. The number of benzene rings is 1. The quantitative estimate of drug-likeness (QED) is 0.879. The van der Waals surface area contributed by atoms with Crippen LogP contribution in [-0.2, 0) is 5.75 Å². The largest absolute Gasteiger partial charge is 0.420 e. The zero-order valence-electron chi connectivity index (χ0n) is 11.3. The van der Waals surface area contributed by atoms with E-state index < -0.39 is 0 Å². The van der Waals surface area contributed by atoms with Crippen LogP contribution in [0.25, 0.3) is 11.5 Å². The molecule has 0 radical (unpaired) electrons. The fourth-order valence-electron chi connectivity index (χ4n) is 1.62. The summed E-state index contributed by atoms with van der Waals surface area (Å²) in [7, 11) is 0. The van der Waals surface area contributed by atoms with Crippen LogP contribution >= 0.6 is 11.8 Å². The van der Waals surface area contributed by atoms with Gasteiger partial charge in [0, 0.05) is 5.56 Å². The highest BCUT2D eigenvalue weighted by Crippen LogP contribution is 2.21. The normalized spacial score (nSPS) is 12.6. The number of aromatic nitrogens is 2. The summed E-state index contributed by atoms with van der Waals surface area (Å²) in [5.41, 5.74) is 7.74. The van der Waals surface area contributed by atoms with Crippen LogP contribution in [0.15, 0.2) is 28.7 Å². The summed E-state index contributed by atoms with van der Waals surface area (Å²) >= 11 is 1.77. The molecule has 5 heteroatoms. The van der Waals surface area contributed by atoms with Gasteiger partial charge in [0.25, 0.3) is 0 Å². The van der Waals surface area contributed by atoms with Crippen molar-refractivity contribution >= 4 is 11.8 Å². The van der Waals surface area contributed by atoms with Crippen LogP contribution in [0.4, 0.5) is 0 Å². The van der Waals surface area contributed by atoms with Gasteiger partial charge in [-0.3, -0.25) is 0 Å². The Labute approximate surface area is 117 Å². The molecular weight excluding hydrogens is 258 g/mol. The molecule has 2 N–H and O–H groups in total. The Morgan fingerprint density at radius 2 is 2.21 bits per heavy atom. The highest BCUT2D eigenvalue weighted by atomic mass is 32.2. The zero-order valence-corrected chi connectivity index (χ0v) is 12.1. The van der Waals surface area contributed by atoms with E-state index in [0.29, 0.717) is 24.2 Å². The third-order valence-corrected chi connectivity index (χ3v) is 4.02. The van der Waals surface area contributed by atoms with E-state index in [1.54, 1.807) is 11.8 Å². The molecule has 0 saturated heterocycles. The average Bonchev–Trinajstić information content (AvgIpc) is 2.87. The summed E-state index contributed by atoms with van der Waals surface area (Å²) < 4.78 is 5.67. The summed E-state index contributed by atoms with van der Waals surface area (Å²) in [6.45, 7) is 4.90. The van der Waals surface area contributed by atoms with E-state index >= 15 is 0 Å². The van der Waals surface area contributed by atoms with Gasteiger partial charge in [-0.15, -0.1) is 10.2 Å². The molecule has 0 bridgehead atoms. The molecule has 1 unspecified atom stereocenters. The maximum Gasteiger partial charge on any atom is 0.247 e. The molecule has 2 aromatic rings. The molecule has 1 aromatic carbocycles. The Morgan fingerprint density at radius 3 is 2.95 bits per heavy atom. The van der Waals surface area contributed by atoms with Crippen molar-refractivity contribution < 1.29 is 4.42 Å². The fraction of sp³-hybridized carbons (Fsp3) is 0.429. The van der Waals surface area contributed by atoms with Gasteiger partial charge in [0.15, 0.2) is 0 Å². The fourth-order valence-corrected chi connectivity index (χ4v) is 2.57. The molecular formula is C14H19N3OS. The first kappa shape index (κ1) is 14.1. The van der Waals surface area contributed by atoms with Gasteiger partial charge in [-0.05, 0) is 37.3 Å². The first-order valence-electron chi connectivity index (χ1n) is 6.36. The van der Waals surface area contributed by atoms with Crippen molar-refractivity contribution in [3.8, 4) is 11.5 Å². The Morgan fingerprint density at radius 1 is 1.37 bits per heavy atom. The molecule has 19 heavy (non-hydrogen) atoms. The van der Waals surface area contributed by atoms with Gasteiger partial charge in [0.1, 0.15) is 0 Å². The van der Waals surface area contributed by atoms with Crippen molar-refractivity contribution in [2.45, 2.75) is 19.6 Å². The lowest BCUT2D eigenvalue weighted by atomic mass is 10.1. The van der Waals surface area contributed by atoms with Crippen LogP contribution in [0.1, 0.15) is 18.4 Å². The topological polar surface area (TPSA) is 64.9 Å². The van der Waals surface area contributed by atoms with Crippen LogP contribution in [0.3, 0.4) is 0 Å². The SMILES string of the molecule is Cc1cccc(-c2nnc(CSCC(C)CN)o2)c1. The smallest absolute Gasteiger partial charge is 0.247 e. The highest BCUT2D eigenvalue weighted by molar-refractivity contribution is 7.98. The lowest BCUT2D eigenvalue weighted by Gasteiger charge is -2.05. The third kappa shape index (κ3) is 4.08. The minimum atomic E-state index is 0.518. The van der Waals surface area contributed by atoms with Crippen LogP contribution in [-0.4, -0.2) is 22.5 Å². The third-order valence-electron chi connectivity index (χ3n) is 2.76. The summed E-state index contributed by atoms with van der Waals surface area (Å²) in [6, 6.07) is 8.06. The van der Waals surface area contributed by atoms with Crippen molar-refractivity contribution in [1.82, 2.24) is 10.2 Å². The van der Waals surface area contributed by atoms with Gasteiger partial charge in [-0.2, -0.15) is 11.8 Å².